The van der Waals surface area contributed by atoms with Crippen LogP contribution in [-0.4, -0.2) is 62.6 Å². The van der Waals surface area contributed by atoms with Crippen molar-refractivity contribution in [3.63, 3.8) is 0 Å². The number of carboxylic acids is 1. The van der Waals surface area contributed by atoms with Gasteiger partial charge in [0.05, 0.1) is 18.9 Å². The smallest absolute Gasteiger partial charge is 0.306 e. The van der Waals surface area contributed by atoms with E-state index in [0.717, 1.165) is 24.8 Å². The van der Waals surface area contributed by atoms with Crippen molar-refractivity contribution in [2.75, 3.05) is 6.61 Å². The molecule has 0 aromatic carbocycles. The number of hydrogen-bond donors (Lipinski definition) is 3. The molecular weight excluding hydrogens is 444 g/mol. The van der Waals surface area contributed by atoms with E-state index < -0.39 is 41.4 Å². The number of rotatable bonds is 6. The number of carbonyl (C=O) groups excluding carboxylic acids is 3. The van der Waals surface area contributed by atoms with Gasteiger partial charge in [0.1, 0.15) is 5.60 Å². The third kappa shape index (κ3) is 4.01. The second-order valence-corrected chi connectivity index (χ2v) is 11.0. The van der Waals surface area contributed by atoms with Crippen molar-refractivity contribution in [3.8, 4) is 0 Å². The Bertz CT molecular complexity index is 910. The van der Waals surface area contributed by atoms with Crippen LogP contribution >= 0.6 is 0 Å². The van der Waals surface area contributed by atoms with E-state index in [9.17, 15) is 29.4 Å². The molecule has 0 aromatic heterocycles. The van der Waals surface area contributed by atoms with Gasteiger partial charge in [-0.05, 0) is 67.8 Å². The minimum Gasteiger partial charge on any atom is -0.481 e. The predicted molar refractivity (Wildman–Crippen MR) is 119 cm³/mol. The lowest BCUT2D eigenvalue weighted by Gasteiger charge is -2.60. The van der Waals surface area contributed by atoms with Crippen LogP contribution in [0.5, 0.6) is 0 Å². The molecule has 0 aromatic rings. The fourth-order valence-corrected chi connectivity index (χ4v) is 7.70. The molecule has 4 rings (SSSR count). The van der Waals surface area contributed by atoms with Gasteiger partial charge >= 0.3 is 11.9 Å². The van der Waals surface area contributed by atoms with Crippen molar-refractivity contribution >= 4 is 23.5 Å². The van der Waals surface area contributed by atoms with Gasteiger partial charge in [-0.15, -0.1) is 0 Å². The van der Waals surface area contributed by atoms with Gasteiger partial charge in [-0.3, -0.25) is 19.2 Å². The van der Waals surface area contributed by atoms with Crippen LogP contribution in [0, 0.1) is 28.6 Å². The lowest BCUT2D eigenvalue weighted by atomic mass is 9.45. The minimum atomic E-state index is -1.71. The van der Waals surface area contributed by atoms with Crippen molar-refractivity contribution in [2.24, 2.45) is 28.6 Å². The Balaban J connectivity index is 0.00000324. The topological polar surface area (TPSA) is 170 Å². The summed E-state index contributed by atoms with van der Waals surface area (Å²) in [5, 5.41) is 31.6. The third-order valence-electron chi connectivity index (χ3n) is 9.42. The molecule has 5 N–H and O–H groups in total. The van der Waals surface area contributed by atoms with Crippen molar-refractivity contribution in [1.82, 2.24) is 0 Å². The van der Waals surface area contributed by atoms with Crippen molar-refractivity contribution < 1.29 is 44.7 Å². The van der Waals surface area contributed by atoms with Gasteiger partial charge in [-0.1, -0.05) is 19.4 Å². The van der Waals surface area contributed by atoms with Crippen LogP contribution < -0.4 is 0 Å². The molecule has 3 fully saturated rings. The molecule has 4 aliphatic rings. The summed E-state index contributed by atoms with van der Waals surface area (Å²) in [5.74, 6) is -2.20. The molecule has 9 heteroatoms. The molecule has 7 atom stereocenters. The number of esters is 1. The van der Waals surface area contributed by atoms with Crippen LogP contribution in [0.4, 0.5) is 0 Å². The zero-order chi connectivity index (χ0) is 24.2. The van der Waals surface area contributed by atoms with E-state index in [-0.39, 0.29) is 60.1 Å². The maximum atomic E-state index is 13.1. The second-order valence-electron chi connectivity index (χ2n) is 11.0. The molecule has 0 unspecified atom stereocenters. The maximum absolute atomic E-state index is 13.1. The van der Waals surface area contributed by atoms with E-state index in [1.807, 2.05) is 6.92 Å². The molecule has 34 heavy (non-hydrogen) atoms. The number of aliphatic hydroxyl groups excluding tert-OH is 1. The van der Waals surface area contributed by atoms with Crippen LogP contribution in [0.3, 0.4) is 0 Å². The van der Waals surface area contributed by atoms with Gasteiger partial charge in [-0.25, -0.2) is 0 Å². The average Bonchev–Trinajstić information content (AvgIpc) is 3.02. The number of allylic oxidation sites excluding steroid dienone is 1. The van der Waals surface area contributed by atoms with E-state index in [1.165, 1.54) is 0 Å². The summed E-state index contributed by atoms with van der Waals surface area (Å²) < 4.78 is 4.97. The highest BCUT2D eigenvalue weighted by molar-refractivity contribution is 5.92. The first-order valence-corrected chi connectivity index (χ1v) is 12.0. The van der Waals surface area contributed by atoms with Crippen LogP contribution in [0.15, 0.2) is 11.6 Å². The summed E-state index contributed by atoms with van der Waals surface area (Å²) in [6.07, 6.45) is 4.30. The Kier molecular flexibility index (Phi) is 7.14. The number of carbonyl (C=O) groups is 4. The summed E-state index contributed by atoms with van der Waals surface area (Å²) in [5.41, 5.74) is -1.68. The number of hydrogen-bond acceptors (Lipinski definition) is 7. The molecule has 0 radical (unpaired) electrons. The number of aliphatic hydroxyl groups is 2. The Hall–Kier alpha value is -2.10. The molecule has 3 saturated carbocycles. The summed E-state index contributed by atoms with van der Waals surface area (Å²) in [7, 11) is 0. The molecular formula is C25H36O9. The number of fused-ring (bicyclic) bond motifs is 5. The van der Waals surface area contributed by atoms with Gasteiger partial charge in [0, 0.05) is 11.8 Å². The molecule has 0 aliphatic heterocycles. The Morgan fingerprint density at radius 2 is 1.82 bits per heavy atom. The lowest BCUT2D eigenvalue weighted by Crippen LogP contribution is -2.62. The molecule has 0 amide bonds. The van der Waals surface area contributed by atoms with E-state index in [4.69, 9.17) is 9.84 Å². The maximum Gasteiger partial charge on any atom is 0.306 e. The van der Waals surface area contributed by atoms with Crippen molar-refractivity contribution in [3.05, 3.63) is 11.6 Å². The van der Waals surface area contributed by atoms with Crippen LogP contribution in [-0.2, 0) is 23.9 Å². The summed E-state index contributed by atoms with van der Waals surface area (Å²) in [4.78, 5) is 47.5. The first-order valence-electron chi connectivity index (χ1n) is 12.0. The molecule has 9 nitrogen and oxygen atoms in total. The zero-order valence-electron chi connectivity index (χ0n) is 19.8. The van der Waals surface area contributed by atoms with Crippen LogP contribution in [0.2, 0.25) is 0 Å². The quantitative estimate of drug-likeness (QED) is 0.479. The second kappa shape index (κ2) is 9.17. The summed E-state index contributed by atoms with van der Waals surface area (Å²) in [6, 6.07) is 0. The molecule has 0 heterocycles. The molecule has 0 bridgehead atoms. The number of Topliss-reactive ketones (excluding diaryl/α,β-unsaturated/α-hetero) is 1. The van der Waals surface area contributed by atoms with Crippen molar-refractivity contribution in [2.45, 2.75) is 83.3 Å². The van der Waals surface area contributed by atoms with Gasteiger partial charge in [-0.2, -0.15) is 0 Å². The highest BCUT2D eigenvalue weighted by atomic mass is 16.5. The minimum absolute atomic E-state index is 0. The monoisotopic (exact) mass is 480 g/mol. The fourth-order valence-electron chi connectivity index (χ4n) is 7.70. The number of ether oxygens (including phenoxy) is 1. The fraction of sp³-hybridized carbons (Fsp3) is 0.760. The van der Waals surface area contributed by atoms with E-state index in [1.54, 1.807) is 6.08 Å². The molecule has 0 saturated heterocycles. The molecule has 190 valence electrons. The lowest BCUT2D eigenvalue weighted by molar-refractivity contribution is -0.184. The third-order valence-corrected chi connectivity index (χ3v) is 9.42. The Labute approximate surface area is 198 Å². The molecule has 4 aliphatic carbocycles. The predicted octanol–water partition coefficient (Wildman–Crippen LogP) is 1.37. The summed E-state index contributed by atoms with van der Waals surface area (Å²) >= 11 is 0. The normalized spacial score (nSPS) is 40.7. The van der Waals surface area contributed by atoms with Gasteiger partial charge in [0.2, 0.25) is 5.78 Å². The summed E-state index contributed by atoms with van der Waals surface area (Å²) in [6.45, 7) is 3.41. The van der Waals surface area contributed by atoms with Gasteiger partial charge < -0.3 is 25.5 Å². The highest BCUT2D eigenvalue weighted by Crippen LogP contribution is 2.67. The van der Waals surface area contributed by atoms with E-state index in [0.29, 0.717) is 12.8 Å². The SMILES string of the molecule is C[C@@]12CCC(=O)C=C1CC[C@H]1[C@H]2[C@H](O)C[C@]2(C)[C@@H]1CC[C@@]2(O)C(=O)COC(=O)CCC(=O)O.O. The average molecular weight is 481 g/mol. The van der Waals surface area contributed by atoms with E-state index in [2.05, 4.69) is 6.92 Å². The van der Waals surface area contributed by atoms with Gasteiger partial charge in [0.25, 0.3) is 0 Å². The van der Waals surface area contributed by atoms with E-state index >= 15 is 0 Å². The first kappa shape index (κ1) is 26.5. The van der Waals surface area contributed by atoms with Crippen molar-refractivity contribution in [1.29, 1.82) is 0 Å². The largest absolute Gasteiger partial charge is 0.481 e. The number of ketones is 2. The highest BCUT2D eigenvalue weighted by Gasteiger charge is 2.68. The standard InChI is InChI=1S/C25H34O8.H2O/c1-23-9-7-15(26)11-14(23)3-4-16-17-8-10-25(32,24(17,2)12-18(27)22(16)23)19(28)13-33-21(31)6-5-20(29)30;/h11,16-18,22,27,32H,3-10,12-13H2,1-2H3,(H,29,30);1H2/t16-,17-,18-,22+,23-,24-,25-;/m1./s1. The zero-order valence-corrected chi connectivity index (χ0v) is 19.8. The number of aliphatic carboxylic acids is 1. The van der Waals surface area contributed by atoms with Crippen LogP contribution in [0.25, 0.3) is 0 Å². The number of carboxylic acid groups (broad SMARTS) is 1. The van der Waals surface area contributed by atoms with Crippen LogP contribution in [0.1, 0.15) is 71.6 Å². The molecule has 0 spiro atoms. The van der Waals surface area contributed by atoms with Gasteiger partial charge in [0.15, 0.2) is 12.4 Å². The Morgan fingerprint density at radius 3 is 2.50 bits per heavy atom. The first-order chi connectivity index (χ1) is 15.4. The Morgan fingerprint density at radius 1 is 1.12 bits per heavy atom.